The van der Waals surface area contributed by atoms with Crippen LogP contribution < -0.4 is 0 Å². The number of aliphatic hydroxyl groups is 1. The monoisotopic (exact) mass is 828 g/mol. The van der Waals surface area contributed by atoms with E-state index in [1.165, 1.54) is 13.8 Å². The lowest BCUT2D eigenvalue weighted by Gasteiger charge is -2.49. The maximum absolute atomic E-state index is 12.7. The number of benzene rings is 4. The van der Waals surface area contributed by atoms with Gasteiger partial charge in [0.15, 0.2) is 24.8 Å². The van der Waals surface area contributed by atoms with Crippen LogP contribution in [0.15, 0.2) is 121 Å². The standard InChI is InChI=1S/C46H52O14/c1-30(47)52-29-38-39(53-25-34-18-10-5-11-19-34)41(54-26-35-20-12-6-13-21-35)44(55-27-36-22-14-7-15-23-36)46(59-38)60-40-37(28-51-24-33-16-8-4-9-17-33)58-45(50)43(57-32(3)49)42(40)56-31(2)48/h4-23,37-46,50H,24-29H2,1-3H3/t37-,38-,39-,40+,41+,42+,43-,44-,45-,46-/m1/s1. The van der Waals surface area contributed by atoms with Crippen molar-refractivity contribution in [3.05, 3.63) is 144 Å². The first-order valence-electron chi connectivity index (χ1n) is 19.8. The van der Waals surface area contributed by atoms with Gasteiger partial charge in [-0.1, -0.05) is 121 Å². The summed E-state index contributed by atoms with van der Waals surface area (Å²) in [7, 11) is 0. The summed E-state index contributed by atoms with van der Waals surface area (Å²) < 4.78 is 62.5. The van der Waals surface area contributed by atoms with Crippen molar-refractivity contribution in [3.8, 4) is 0 Å². The number of carbonyl (C=O) groups is 3. The van der Waals surface area contributed by atoms with Crippen molar-refractivity contribution in [3.63, 3.8) is 0 Å². The molecule has 4 aromatic rings. The van der Waals surface area contributed by atoms with Gasteiger partial charge in [0.25, 0.3) is 0 Å². The third kappa shape index (κ3) is 13.0. The summed E-state index contributed by atoms with van der Waals surface area (Å²) in [4.78, 5) is 37.4. The van der Waals surface area contributed by atoms with Crippen molar-refractivity contribution in [2.24, 2.45) is 0 Å². The molecule has 2 fully saturated rings. The number of hydrogen-bond acceptors (Lipinski definition) is 14. The third-order valence-electron chi connectivity index (χ3n) is 9.80. The second kappa shape index (κ2) is 22.5. The Hall–Kier alpha value is -5.03. The van der Waals surface area contributed by atoms with Gasteiger partial charge in [-0.3, -0.25) is 14.4 Å². The molecule has 0 aromatic heterocycles. The molecule has 0 spiro atoms. The molecule has 0 saturated carbocycles. The van der Waals surface area contributed by atoms with Gasteiger partial charge in [-0.15, -0.1) is 0 Å². The first-order chi connectivity index (χ1) is 29.1. The summed E-state index contributed by atoms with van der Waals surface area (Å²) in [5.41, 5.74) is 3.46. The van der Waals surface area contributed by atoms with Crippen LogP contribution in [0.1, 0.15) is 43.0 Å². The minimum atomic E-state index is -1.73. The van der Waals surface area contributed by atoms with E-state index in [9.17, 15) is 19.5 Å². The van der Waals surface area contributed by atoms with E-state index < -0.39 is 79.3 Å². The fourth-order valence-electron chi connectivity index (χ4n) is 7.05. The van der Waals surface area contributed by atoms with Crippen LogP contribution in [-0.2, 0) is 88.2 Å². The number of rotatable bonds is 19. The molecule has 0 aliphatic carbocycles. The zero-order valence-electron chi connectivity index (χ0n) is 33.8. The highest BCUT2D eigenvalue weighted by atomic mass is 16.8. The smallest absolute Gasteiger partial charge is 0.303 e. The van der Waals surface area contributed by atoms with Gasteiger partial charge in [0.1, 0.15) is 43.2 Å². The van der Waals surface area contributed by atoms with E-state index in [-0.39, 0.29) is 39.6 Å². The van der Waals surface area contributed by atoms with Crippen LogP contribution in [0.5, 0.6) is 0 Å². The Morgan fingerprint density at radius 3 is 1.40 bits per heavy atom. The summed E-state index contributed by atoms with van der Waals surface area (Å²) in [5, 5.41) is 11.2. The van der Waals surface area contributed by atoms with E-state index in [1.54, 1.807) is 0 Å². The highest BCUT2D eigenvalue weighted by Crippen LogP contribution is 2.36. The average Bonchev–Trinajstić information content (AvgIpc) is 3.24. The van der Waals surface area contributed by atoms with Crippen LogP contribution in [0.3, 0.4) is 0 Å². The maximum Gasteiger partial charge on any atom is 0.303 e. The largest absolute Gasteiger partial charge is 0.463 e. The summed E-state index contributed by atoms with van der Waals surface area (Å²) in [6.45, 7) is 3.78. The van der Waals surface area contributed by atoms with Crippen molar-refractivity contribution in [1.82, 2.24) is 0 Å². The number of hydrogen-bond donors (Lipinski definition) is 1. The molecule has 320 valence electrons. The zero-order valence-corrected chi connectivity index (χ0v) is 33.8. The molecule has 2 heterocycles. The summed E-state index contributed by atoms with van der Waals surface area (Å²) in [5.74, 6) is -2.05. The quantitative estimate of drug-likeness (QED) is 0.0968. The molecule has 2 saturated heterocycles. The molecule has 0 radical (unpaired) electrons. The average molecular weight is 829 g/mol. The van der Waals surface area contributed by atoms with Crippen molar-refractivity contribution >= 4 is 17.9 Å². The molecular formula is C46H52O14. The van der Waals surface area contributed by atoms with Crippen LogP contribution >= 0.6 is 0 Å². The van der Waals surface area contributed by atoms with Gasteiger partial charge in [-0.25, -0.2) is 0 Å². The molecule has 14 nitrogen and oxygen atoms in total. The molecule has 4 aromatic carbocycles. The summed E-state index contributed by atoms with van der Waals surface area (Å²) in [6.07, 6.45) is -12.3. The molecule has 0 unspecified atom stereocenters. The van der Waals surface area contributed by atoms with E-state index in [0.29, 0.717) is 0 Å². The Morgan fingerprint density at radius 2 is 0.917 bits per heavy atom. The van der Waals surface area contributed by atoms with Crippen molar-refractivity contribution < 1.29 is 66.9 Å². The highest BCUT2D eigenvalue weighted by Gasteiger charge is 2.55. The zero-order chi connectivity index (χ0) is 42.3. The number of esters is 3. The minimum absolute atomic E-state index is 0.0902. The molecule has 2 aliphatic heterocycles. The second-order valence-corrected chi connectivity index (χ2v) is 14.4. The van der Waals surface area contributed by atoms with E-state index in [0.717, 1.165) is 29.2 Å². The summed E-state index contributed by atoms with van der Waals surface area (Å²) >= 11 is 0. The molecule has 0 bridgehead atoms. The lowest BCUT2D eigenvalue weighted by atomic mass is 9.96. The Labute approximate surface area is 349 Å². The van der Waals surface area contributed by atoms with Gasteiger partial charge in [-0.2, -0.15) is 0 Å². The molecule has 6 rings (SSSR count). The van der Waals surface area contributed by atoms with Gasteiger partial charge >= 0.3 is 17.9 Å². The normalized spacial score (nSPS) is 26.5. The SMILES string of the molecule is CC(=O)OC[C@H]1O[C@H](O[C@@H]2[C@H](OC(C)=O)[C@@H](OC(C)=O)[C@H](O)O[C@@H]2COCc2ccccc2)[C@H](OCc2ccccc2)[C@@H](OCc2ccccc2)[C@@H]1OCc1ccccc1. The first kappa shape index (κ1) is 44.5. The van der Waals surface area contributed by atoms with E-state index >= 15 is 0 Å². The van der Waals surface area contributed by atoms with Gasteiger partial charge in [-0.05, 0) is 22.3 Å². The lowest BCUT2D eigenvalue weighted by molar-refractivity contribution is -0.368. The number of aliphatic hydroxyl groups excluding tert-OH is 1. The molecule has 1 N–H and O–H groups in total. The number of carbonyl (C=O) groups excluding carboxylic acids is 3. The van der Waals surface area contributed by atoms with Crippen molar-refractivity contribution in [1.29, 1.82) is 0 Å². The molecule has 0 amide bonds. The highest BCUT2D eigenvalue weighted by molar-refractivity contribution is 5.67. The second-order valence-electron chi connectivity index (χ2n) is 14.4. The van der Waals surface area contributed by atoms with Crippen molar-refractivity contribution in [2.75, 3.05) is 13.2 Å². The Morgan fingerprint density at radius 1 is 0.483 bits per heavy atom. The molecule has 2 aliphatic rings. The van der Waals surface area contributed by atoms with Crippen LogP contribution in [0.2, 0.25) is 0 Å². The first-order valence-corrected chi connectivity index (χ1v) is 19.8. The molecule has 60 heavy (non-hydrogen) atoms. The van der Waals surface area contributed by atoms with E-state index in [1.807, 2.05) is 121 Å². The fourth-order valence-corrected chi connectivity index (χ4v) is 7.05. The predicted octanol–water partition coefficient (Wildman–Crippen LogP) is 5.21. The van der Waals surface area contributed by atoms with Crippen LogP contribution in [0, 0.1) is 0 Å². The topological polar surface area (TPSA) is 164 Å². The van der Waals surface area contributed by atoms with Gasteiger partial charge < -0.3 is 52.5 Å². The van der Waals surface area contributed by atoms with Gasteiger partial charge in [0.2, 0.25) is 0 Å². The Kier molecular flexibility index (Phi) is 16.7. The van der Waals surface area contributed by atoms with Crippen LogP contribution in [-0.4, -0.2) is 97.6 Å². The molecule has 10 atom stereocenters. The Balaban J connectivity index is 1.40. The predicted molar refractivity (Wildman–Crippen MR) is 213 cm³/mol. The molecule has 14 heteroatoms. The van der Waals surface area contributed by atoms with Gasteiger partial charge in [0, 0.05) is 20.8 Å². The van der Waals surface area contributed by atoms with E-state index in [2.05, 4.69) is 0 Å². The van der Waals surface area contributed by atoms with Gasteiger partial charge in [0.05, 0.1) is 33.0 Å². The third-order valence-corrected chi connectivity index (χ3v) is 9.80. The Bertz CT molecular complexity index is 1900. The van der Waals surface area contributed by atoms with E-state index in [4.69, 9.17) is 47.4 Å². The maximum atomic E-state index is 12.7. The minimum Gasteiger partial charge on any atom is -0.463 e. The van der Waals surface area contributed by atoms with Crippen molar-refractivity contribution in [2.45, 2.75) is 109 Å². The van der Waals surface area contributed by atoms with Crippen LogP contribution in [0.25, 0.3) is 0 Å². The number of ether oxygens (including phenoxy) is 10. The van der Waals surface area contributed by atoms with Crippen LogP contribution in [0.4, 0.5) is 0 Å². The lowest BCUT2D eigenvalue weighted by Crippen LogP contribution is -2.66. The summed E-state index contributed by atoms with van der Waals surface area (Å²) in [6, 6.07) is 38.0. The fraction of sp³-hybridized carbons (Fsp3) is 0.413. The molecular weight excluding hydrogens is 776 g/mol.